The number of aryl methyl sites for hydroxylation is 1. The van der Waals surface area contributed by atoms with Crippen LogP contribution in [0, 0.1) is 4.77 Å². The summed E-state index contributed by atoms with van der Waals surface area (Å²) in [4.78, 5) is 23.0. The average Bonchev–Trinajstić information content (AvgIpc) is 2.61. The Morgan fingerprint density at radius 2 is 2.00 bits per heavy atom. The smallest absolute Gasteiger partial charge is 0.303 e. The zero-order chi connectivity index (χ0) is 19.3. The molecule has 0 amide bonds. The van der Waals surface area contributed by atoms with Crippen molar-refractivity contribution in [2.45, 2.75) is 12.8 Å². The molecule has 0 spiro atoms. The molecule has 0 aliphatic carbocycles. The fourth-order valence-corrected chi connectivity index (χ4v) is 2.21. The molecule has 0 aliphatic heterocycles. The lowest BCUT2D eigenvalue weighted by Gasteiger charge is -2.09. The van der Waals surface area contributed by atoms with Crippen molar-refractivity contribution < 1.29 is 24.5 Å². The molecule has 0 fully saturated rings. The molecule has 2 rings (SSSR count). The summed E-state index contributed by atoms with van der Waals surface area (Å²) in [6, 6.07) is 2.98. The van der Waals surface area contributed by atoms with Crippen LogP contribution in [0.3, 0.4) is 0 Å². The van der Waals surface area contributed by atoms with E-state index in [9.17, 15) is 14.7 Å². The van der Waals surface area contributed by atoms with E-state index in [4.69, 9.17) is 26.8 Å². The first-order valence-electron chi connectivity index (χ1n) is 7.29. The lowest BCUT2D eigenvalue weighted by molar-refractivity contribution is -0.136. The average molecular weight is 380 g/mol. The Bertz CT molecular complexity index is 940. The van der Waals surface area contributed by atoms with Crippen molar-refractivity contribution in [3.63, 3.8) is 0 Å². The molecular weight excluding hydrogens is 364 g/mol. The number of aromatic amines is 1. The summed E-state index contributed by atoms with van der Waals surface area (Å²) in [5, 5.41) is 28.8. The zero-order valence-corrected chi connectivity index (χ0v) is 14.7. The number of carbonyl (C=O) groups is 1. The van der Waals surface area contributed by atoms with Gasteiger partial charge in [0.15, 0.2) is 11.5 Å². The number of H-pyrrole nitrogens is 1. The van der Waals surface area contributed by atoms with Gasteiger partial charge in [-0.2, -0.15) is 14.9 Å². The summed E-state index contributed by atoms with van der Waals surface area (Å²) in [5.74, 6) is -0.881. The van der Waals surface area contributed by atoms with Gasteiger partial charge in [-0.05, 0) is 24.4 Å². The minimum Gasteiger partial charge on any atom is -0.502 e. The summed E-state index contributed by atoms with van der Waals surface area (Å²) < 4.78 is 10.9. The quantitative estimate of drug-likeness (QED) is 0.476. The number of carboxylic acid groups (broad SMARTS) is 1. The molecule has 1 aromatic carbocycles. The predicted molar refractivity (Wildman–Crippen MR) is 93.8 cm³/mol. The number of aromatic hydroxyl groups is 1. The molecule has 0 saturated carbocycles. The van der Waals surface area contributed by atoms with Crippen molar-refractivity contribution in [1.29, 1.82) is 0 Å². The van der Waals surface area contributed by atoms with Gasteiger partial charge in [0.05, 0.1) is 26.9 Å². The van der Waals surface area contributed by atoms with Crippen molar-refractivity contribution >= 4 is 24.4 Å². The molecule has 2 aromatic rings. The van der Waals surface area contributed by atoms with Gasteiger partial charge in [-0.15, -0.1) is 0 Å². The summed E-state index contributed by atoms with van der Waals surface area (Å²) in [6.45, 7) is 0. The number of phenols is 1. The Balaban J connectivity index is 2.42. The first-order chi connectivity index (χ1) is 12.4. The van der Waals surface area contributed by atoms with E-state index in [1.807, 2.05) is 0 Å². The Morgan fingerprint density at radius 1 is 1.38 bits per heavy atom. The molecule has 3 N–H and O–H groups in total. The highest BCUT2D eigenvalue weighted by Gasteiger charge is 2.11. The summed E-state index contributed by atoms with van der Waals surface area (Å²) >= 11 is 4.99. The SMILES string of the molecule is COc1cc(/C=N\n2c(=S)[nH]nc(CCC(=O)O)c2=O)cc(OC)c1O. The molecule has 0 saturated heterocycles. The van der Waals surface area contributed by atoms with Gasteiger partial charge in [-0.3, -0.25) is 14.7 Å². The Morgan fingerprint density at radius 3 is 2.54 bits per heavy atom. The maximum atomic E-state index is 12.3. The number of benzene rings is 1. The third kappa shape index (κ3) is 4.25. The van der Waals surface area contributed by atoms with Crippen molar-refractivity contribution in [3.8, 4) is 17.2 Å². The number of nitrogens with zero attached hydrogens (tertiary/aromatic N) is 3. The number of nitrogens with one attached hydrogen (secondary N) is 1. The number of hydrogen-bond acceptors (Lipinski definition) is 8. The van der Waals surface area contributed by atoms with Gasteiger partial charge in [0.2, 0.25) is 10.5 Å². The van der Waals surface area contributed by atoms with Crippen molar-refractivity contribution in [2.75, 3.05) is 14.2 Å². The lowest BCUT2D eigenvalue weighted by atomic mass is 10.2. The molecule has 26 heavy (non-hydrogen) atoms. The minimum absolute atomic E-state index is 0.000910. The molecule has 138 valence electrons. The molecule has 0 radical (unpaired) electrons. The first kappa shape index (κ1) is 19.1. The zero-order valence-electron chi connectivity index (χ0n) is 13.9. The Labute approximate surface area is 152 Å². The maximum Gasteiger partial charge on any atom is 0.303 e. The van der Waals surface area contributed by atoms with Crippen molar-refractivity contribution in [3.05, 3.63) is 38.5 Å². The predicted octanol–water partition coefficient (Wildman–Crippen LogP) is 0.923. The van der Waals surface area contributed by atoms with Crippen LogP contribution in [0.2, 0.25) is 0 Å². The second kappa shape index (κ2) is 8.25. The number of carboxylic acids is 1. The highest BCUT2D eigenvalue weighted by molar-refractivity contribution is 7.71. The molecule has 1 heterocycles. The second-order valence-electron chi connectivity index (χ2n) is 5.00. The van der Waals surface area contributed by atoms with Gasteiger partial charge in [-0.1, -0.05) is 0 Å². The van der Waals surface area contributed by atoms with Gasteiger partial charge in [0.1, 0.15) is 5.69 Å². The standard InChI is InChI=1S/C15H16N4O6S/c1-24-10-5-8(6-11(25-2)13(10)22)7-16-19-14(23)9(3-4-12(20)21)17-18-15(19)26/h5-7,22H,3-4H2,1-2H3,(H,18,26)(H,20,21)/b16-7-. The molecule has 1 aromatic heterocycles. The van der Waals surface area contributed by atoms with E-state index in [2.05, 4.69) is 15.3 Å². The molecule has 0 aliphatic rings. The molecule has 0 unspecified atom stereocenters. The maximum absolute atomic E-state index is 12.3. The Hall–Kier alpha value is -3.21. The van der Waals surface area contributed by atoms with E-state index < -0.39 is 11.5 Å². The summed E-state index contributed by atoms with van der Waals surface area (Å²) in [5.41, 5.74) is -0.148. The monoisotopic (exact) mass is 380 g/mol. The van der Waals surface area contributed by atoms with Crippen LogP contribution >= 0.6 is 12.2 Å². The van der Waals surface area contributed by atoms with E-state index in [-0.39, 0.29) is 40.6 Å². The lowest BCUT2D eigenvalue weighted by Crippen LogP contribution is -2.25. The van der Waals surface area contributed by atoms with Crippen LogP contribution in [0.1, 0.15) is 17.7 Å². The molecule has 0 atom stereocenters. The van der Waals surface area contributed by atoms with Crippen LogP contribution in [0.4, 0.5) is 0 Å². The first-order valence-corrected chi connectivity index (χ1v) is 7.70. The number of phenolic OH excluding ortho intramolecular Hbond substituents is 1. The number of methoxy groups -OCH3 is 2. The number of hydrogen-bond donors (Lipinski definition) is 3. The topological polar surface area (TPSA) is 139 Å². The van der Waals surface area contributed by atoms with Gasteiger partial charge in [0.25, 0.3) is 5.56 Å². The van der Waals surface area contributed by atoms with Crippen LogP contribution in [0.15, 0.2) is 22.0 Å². The molecule has 0 bridgehead atoms. The minimum atomic E-state index is -1.05. The Kier molecular flexibility index (Phi) is 6.07. The molecule has 11 heteroatoms. The highest BCUT2D eigenvalue weighted by atomic mass is 32.1. The summed E-state index contributed by atoms with van der Waals surface area (Å²) in [7, 11) is 2.77. The highest BCUT2D eigenvalue weighted by Crippen LogP contribution is 2.36. The number of rotatable bonds is 7. The normalized spacial score (nSPS) is 10.8. The number of aromatic nitrogens is 3. The van der Waals surface area contributed by atoms with E-state index in [0.717, 1.165) is 4.68 Å². The van der Waals surface area contributed by atoms with Crippen LogP contribution < -0.4 is 15.0 Å². The van der Waals surface area contributed by atoms with Crippen LogP contribution in [-0.4, -0.2) is 51.5 Å². The number of aliphatic carboxylic acids is 1. The van der Waals surface area contributed by atoms with E-state index in [0.29, 0.717) is 5.56 Å². The van der Waals surface area contributed by atoms with Crippen molar-refractivity contribution in [2.24, 2.45) is 5.10 Å². The van der Waals surface area contributed by atoms with E-state index in [1.54, 1.807) is 0 Å². The van der Waals surface area contributed by atoms with Gasteiger partial charge in [0, 0.05) is 12.0 Å². The van der Waals surface area contributed by atoms with Gasteiger partial charge in [-0.25, -0.2) is 0 Å². The fourth-order valence-electron chi connectivity index (χ4n) is 2.03. The van der Waals surface area contributed by atoms with Gasteiger partial charge >= 0.3 is 5.97 Å². The van der Waals surface area contributed by atoms with E-state index >= 15 is 0 Å². The van der Waals surface area contributed by atoms with Gasteiger partial charge < -0.3 is 19.7 Å². The number of ether oxygens (including phenoxy) is 2. The summed E-state index contributed by atoms with van der Waals surface area (Å²) in [6.07, 6.45) is 1.01. The van der Waals surface area contributed by atoms with Crippen molar-refractivity contribution in [1.82, 2.24) is 14.9 Å². The van der Waals surface area contributed by atoms with Crippen LogP contribution in [0.25, 0.3) is 0 Å². The molecule has 10 nitrogen and oxygen atoms in total. The second-order valence-corrected chi connectivity index (χ2v) is 5.39. The fraction of sp³-hybridized carbons (Fsp3) is 0.267. The largest absolute Gasteiger partial charge is 0.502 e. The third-order valence-electron chi connectivity index (χ3n) is 3.32. The van der Waals surface area contributed by atoms with Crippen LogP contribution in [-0.2, 0) is 11.2 Å². The van der Waals surface area contributed by atoms with E-state index in [1.165, 1.54) is 32.6 Å². The van der Waals surface area contributed by atoms with Crippen LogP contribution in [0.5, 0.6) is 17.2 Å². The molecular formula is C15H16N4O6S. The third-order valence-corrected chi connectivity index (χ3v) is 3.58.